The highest BCUT2D eigenvalue weighted by atomic mass is 16.6. The fraction of sp³-hybridized carbons (Fsp3) is 0.875. The van der Waals surface area contributed by atoms with E-state index >= 15 is 0 Å². The number of alkyl carbamates (subject to hydrolysis) is 1. The molecule has 0 bridgehead atoms. The summed E-state index contributed by atoms with van der Waals surface area (Å²) >= 11 is 0. The lowest BCUT2D eigenvalue weighted by atomic mass is 9.72. The monoisotopic (exact) mass is 437 g/mol. The van der Waals surface area contributed by atoms with E-state index < -0.39 is 34.5 Å². The Balaban J connectivity index is 2.06. The van der Waals surface area contributed by atoms with Crippen molar-refractivity contribution in [3.8, 4) is 0 Å². The first-order chi connectivity index (χ1) is 14.1. The molecule has 178 valence electrons. The van der Waals surface area contributed by atoms with Crippen molar-refractivity contribution in [1.29, 1.82) is 0 Å². The molecule has 3 N–H and O–H groups in total. The van der Waals surface area contributed by atoms with Crippen molar-refractivity contribution in [3.63, 3.8) is 0 Å². The number of amides is 2. The van der Waals surface area contributed by atoms with E-state index in [1.807, 2.05) is 41.5 Å². The third-order valence-corrected chi connectivity index (χ3v) is 6.29. The molecule has 0 aromatic heterocycles. The molecule has 0 radical (unpaired) electrons. The first kappa shape index (κ1) is 25.6. The van der Waals surface area contributed by atoms with Crippen LogP contribution in [0.1, 0.15) is 99.8 Å². The minimum atomic E-state index is -0.834. The Bertz CT molecular complexity index is 665. The normalized spacial score (nSPS) is 21.0. The van der Waals surface area contributed by atoms with Gasteiger partial charge in [-0.05, 0) is 85.5 Å². The van der Waals surface area contributed by atoms with Crippen LogP contribution in [0.4, 0.5) is 4.79 Å². The molecule has 7 nitrogen and oxygen atoms in total. The number of carbonyl (C=O) groups is 3. The summed E-state index contributed by atoms with van der Waals surface area (Å²) in [6, 6.07) is -0.172. The van der Waals surface area contributed by atoms with E-state index in [1.54, 1.807) is 0 Å². The van der Waals surface area contributed by atoms with E-state index in [0.29, 0.717) is 19.4 Å². The van der Waals surface area contributed by atoms with Gasteiger partial charge in [0.2, 0.25) is 5.78 Å². The number of Topliss-reactive ketones (excluding diaryl/α,β-unsaturated/α-hetero) is 1. The summed E-state index contributed by atoms with van der Waals surface area (Å²) in [4.78, 5) is 37.9. The molecule has 0 aromatic rings. The number of ether oxygens (including phenoxy) is 1. The van der Waals surface area contributed by atoms with E-state index in [2.05, 4.69) is 22.9 Å². The van der Waals surface area contributed by atoms with Gasteiger partial charge in [-0.25, -0.2) is 4.79 Å². The van der Waals surface area contributed by atoms with Crippen molar-refractivity contribution in [2.24, 2.45) is 5.41 Å². The number of nitrogens with one attached hydrogen (secondary N) is 3. The molecule has 0 spiro atoms. The molecular weight excluding hydrogens is 394 g/mol. The molecule has 2 aliphatic rings. The van der Waals surface area contributed by atoms with Gasteiger partial charge in [-0.15, -0.1) is 0 Å². The number of hydrogen-bond acceptors (Lipinski definition) is 5. The van der Waals surface area contributed by atoms with Gasteiger partial charge in [-0.1, -0.05) is 19.8 Å². The van der Waals surface area contributed by atoms with E-state index in [0.717, 1.165) is 25.7 Å². The zero-order valence-corrected chi connectivity index (χ0v) is 20.6. The largest absolute Gasteiger partial charge is 0.444 e. The van der Waals surface area contributed by atoms with Crippen LogP contribution >= 0.6 is 0 Å². The molecule has 0 unspecified atom stereocenters. The highest BCUT2D eigenvalue weighted by Crippen LogP contribution is 2.41. The summed E-state index contributed by atoms with van der Waals surface area (Å²) in [6.07, 6.45) is 7.24. The van der Waals surface area contributed by atoms with Gasteiger partial charge in [0.1, 0.15) is 5.60 Å². The van der Waals surface area contributed by atoms with Gasteiger partial charge in [-0.2, -0.15) is 0 Å². The van der Waals surface area contributed by atoms with E-state index in [1.165, 1.54) is 12.8 Å². The molecule has 0 saturated heterocycles. The molecule has 2 rings (SSSR count). The van der Waals surface area contributed by atoms with Crippen LogP contribution in [0.5, 0.6) is 0 Å². The van der Waals surface area contributed by atoms with Crippen molar-refractivity contribution >= 4 is 17.8 Å². The third kappa shape index (κ3) is 7.78. The lowest BCUT2D eigenvalue weighted by molar-refractivity contribution is -0.145. The maximum absolute atomic E-state index is 13.0. The maximum Gasteiger partial charge on any atom is 0.407 e. The molecule has 2 amide bonds. The molecule has 2 saturated carbocycles. The zero-order valence-electron chi connectivity index (χ0n) is 20.6. The van der Waals surface area contributed by atoms with Gasteiger partial charge in [0, 0.05) is 18.1 Å². The maximum atomic E-state index is 13.0. The fourth-order valence-electron chi connectivity index (χ4n) is 4.62. The summed E-state index contributed by atoms with van der Waals surface area (Å²) in [5, 5.41) is 9.18. The first-order valence-corrected chi connectivity index (χ1v) is 11.7. The quantitative estimate of drug-likeness (QED) is 0.501. The Hall–Kier alpha value is -1.63. The Morgan fingerprint density at radius 3 is 1.97 bits per heavy atom. The summed E-state index contributed by atoms with van der Waals surface area (Å²) < 4.78 is 5.47. The highest BCUT2D eigenvalue weighted by Gasteiger charge is 2.47. The number of ketones is 1. The molecule has 0 aliphatic heterocycles. The number of carbonyl (C=O) groups excluding carboxylic acids is 3. The van der Waals surface area contributed by atoms with E-state index in [-0.39, 0.29) is 11.5 Å². The number of hydrogen-bond donors (Lipinski definition) is 3. The molecule has 2 aliphatic carbocycles. The molecule has 1 atom stereocenters. The summed E-state index contributed by atoms with van der Waals surface area (Å²) in [5.41, 5.74) is -1.70. The van der Waals surface area contributed by atoms with E-state index in [9.17, 15) is 14.4 Å². The summed E-state index contributed by atoms with van der Waals surface area (Å²) in [7, 11) is 0. The molecular formula is C24H43N3O4. The summed E-state index contributed by atoms with van der Waals surface area (Å²) in [6.45, 7) is 13.8. The van der Waals surface area contributed by atoms with Gasteiger partial charge in [0.25, 0.3) is 5.91 Å². The Labute approximate surface area is 187 Å². The van der Waals surface area contributed by atoms with Gasteiger partial charge in [-0.3, -0.25) is 9.59 Å². The minimum absolute atomic E-state index is 0.168. The molecule has 0 aromatic carbocycles. The Morgan fingerprint density at radius 1 is 0.935 bits per heavy atom. The molecule has 2 fully saturated rings. The van der Waals surface area contributed by atoms with Crippen LogP contribution in [-0.2, 0) is 14.3 Å². The lowest BCUT2D eigenvalue weighted by Crippen LogP contribution is -2.64. The summed E-state index contributed by atoms with van der Waals surface area (Å²) in [5.74, 6) is -0.948. The SMILES string of the molecule is CC1(C[C@@H](CNC2(C(=O)C(=O)NC(C)(C)C)CCC2)NC(=O)OC(C)(C)C)CCCC1. The van der Waals surface area contributed by atoms with Crippen molar-refractivity contribution < 1.29 is 19.1 Å². The Kier molecular flexibility index (Phi) is 7.83. The van der Waals surface area contributed by atoms with Crippen molar-refractivity contribution in [2.45, 2.75) is 123 Å². The van der Waals surface area contributed by atoms with Crippen molar-refractivity contribution in [2.75, 3.05) is 6.54 Å². The van der Waals surface area contributed by atoms with Crippen LogP contribution in [0.25, 0.3) is 0 Å². The van der Waals surface area contributed by atoms with Gasteiger partial charge in [0.15, 0.2) is 0 Å². The molecule has 0 heterocycles. The third-order valence-electron chi connectivity index (χ3n) is 6.29. The minimum Gasteiger partial charge on any atom is -0.444 e. The van der Waals surface area contributed by atoms with Gasteiger partial charge < -0.3 is 20.7 Å². The fourth-order valence-corrected chi connectivity index (χ4v) is 4.62. The molecule has 31 heavy (non-hydrogen) atoms. The predicted molar refractivity (Wildman–Crippen MR) is 122 cm³/mol. The van der Waals surface area contributed by atoms with Gasteiger partial charge in [0.05, 0.1) is 5.54 Å². The van der Waals surface area contributed by atoms with Crippen LogP contribution in [-0.4, -0.2) is 47.0 Å². The zero-order chi connectivity index (χ0) is 23.5. The topological polar surface area (TPSA) is 96.5 Å². The van der Waals surface area contributed by atoms with Crippen LogP contribution in [0.3, 0.4) is 0 Å². The van der Waals surface area contributed by atoms with Gasteiger partial charge >= 0.3 is 6.09 Å². The smallest absolute Gasteiger partial charge is 0.407 e. The van der Waals surface area contributed by atoms with Crippen LogP contribution in [0.15, 0.2) is 0 Å². The van der Waals surface area contributed by atoms with Crippen LogP contribution < -0.4 is 16.0 Å². The lowest BCUT2D eigenvalue weighted by Gasteiger charge is -2.42. The van der Waals surface area contributed by atoms with E-state index in [4.69, 9.17) is 4.74 Å². The van der Waals surface area contributed by atoms with Crippen LogP contribution in [0.2, 0.25) is 0 Å². The predicted octanol–water partition coefficient (Wildman–Crippen LogP) is 3.85. The standard InChI is InChI=1S/C24H43N3O4/c1-21(2,3)27-19(29)18(28)24(13-10-14-24)25-16-17(15-23(7)11-8-9-12-23)26-20(30)31-22(4,5)6/h17,25H,8-16H2,1-7H3,(H,26,30)(H,27,29)/t17-/m0/s1. The number of rotatable bonds is 8. The first-order valence-electron chi connectivity index (χ1n) is 11.7. The van der Waals surface area contributed by atoms with Crippen molar-refractivity contribution in [3.05, 3.63) is 0 Å². The average Bonchev–Trinajstić information content (AvgIpc) is 2.96. The second-order valence-corrected chi connectivity index (χ2v) is 11.9. The van der Waals surface area contributed by atoms with Crippen molar-refractivity contribution in [1.82, 2.24) is 16.0 Å². The molecule has 7 heteroatoms. The highest BCUT2D eigenvalue weighted by molar-refractivity contribution is 6.40. The second-order valence-electron chi connectivity index (χ2n) is 11.9. The second kappa shape index (κ2) is 9.47. The average molecular weight is 438 g/mol. The van der Waals surface area contributed by atoms with Crippen LogP contribution in [0, 0.1) is 5.41 Å². The Morgan fingerprint density at radius 2 is 1.52 bits per heavy atom.